The van der Waals surface area contributed by atoms with E-state index >= 15 is 0 Å². The van der Waals surface area contributed by atoms with Gasteiger partial charge in [-0.3, -0.25) is 10.1 Å². The third-order valence-corrected chi connectivity index (χ3v) is 3.23. The molecule has 0 aliphatic heterocycles. The van der Waals surface area contributed by atoms with Gasteiger partial charge in [0.1, 0.15) is 12.7 Å². The van der Waals surface area contributed by atoms with E-state index < -0.39 is 4.92 Å². The van der Waals surface area contributed by atoms with Gasteiger partial charge >= 0.3 is 5.69 Å². The molecule has 3 rings (SSSR count). The van der Waals surface area contributed by atoms with E-state index in [9.17, 15) is 10.1 Å². The van der Waals surface area contributed by atoms with Crippen LogP contribution in [0.25, 0.3) is 0 Å². The average molecular weight is 338 g/mol. The number of aromatic nitrogens is 4. The molecule has 2 aromatic heterocycles. The van der Waals surface area contributed by atoms with Crippen LogP contribution < -0.4 is 11.1 Å². The first-order valence-corrected chi connectivity index (χ1v) is 7.24. The zero-order chi connectivity index (χ0) is 17.6. The Morgan fingerprint density at radius 3 is 2.80 bits per heavy atom. The number of hydrogen-bond acceptors (Lipinski definition) is 6. The molecule has 10 nitrogen and oxygen atoms in total. The molecule has 0 fully saturated rings. The number of hydrogen-bond donors (Lipinski definition) is 2. The van der Waals surface area contributed by atoms with Gasteiger partial charge in [-0.2, -0.15) is 10.1 Å². The molecular formula is C15H14N8O2. The molecule has 1 aromatic carbocycles. The van der Waals surface area contributed by atoms with Crippen LogP contribution in [-0.2, 0) is 6.54 Å². The van der Waals surface area contributed by atoms with Crippen molar-refractivity contribution in [2.24, 2.45) is 10.7 Å². The summed E-state index contributed by atoms with van der Waals surface area (Å²) in [4.78, 5) is 22.1. The van der Waals surface area contributed by atoms with Crippen molar-refractivity contribution in [1.82, 2.24) is 19.7 Å². The first-order chi connectivity index (χ1) is 12.1. The lowest BCUT2D eigenvalue weighted by Crippen LogP contribution is -2.22. The summed E-state index contributed by atoms with van der Waals surface area (Å²) < 4.78 is 1.71. The van der Waals surface area contributed by atoms with Crippen molar-refractivity contribution in [3.8, 4) is 0 Å². The van der Waals surface area contributed by atoms with Gasteiger partial charge in [0.15, 0.2) is 5.96 Å². The largest absolute Gasteiger partial charge is 0.369 e. The van der Waals surface area contributed by atoms with Crippen molar-refractivity contribution in [3.05, 3.63) is 70.9 Å². The highest BCUT2D eigenvalue weighted by Gasteiger charge is 2.13. The smallest absolute Gasteiger partial charge is 0.313 e. The number of benzene rings is 1. The van der Waals surface area contributed by atoms with Crippen molar-refractivity contribution < 1.29 is 4.92 Å². The highest BCUT2D eigenvalue weighted by molar-refractivity contribution is 5.94. The zero-order valence-electron chi connectivity index (χ0n) is 13.0. The molecule has 0 aliphatic carbocycles. The number of aliphatic imine (C=N–C) groups is 1. The van der Waals surface area contributed by atoms with E-state index in [1.165, 1.54) is 24.7 Å². The Balaban J connectivity index is 1.70. The zero-order valence-corrected chi connectivity index (χ0v) is 13.0. The van der Waals surface area contributed by atoms with E-state index in [0.29, 0.717) is 12.2 Å². The second-order valence-electron chi connectivity index (χ2n) is 5.02. The summed E-state index contributed by atoms with van der Waals surface area (Å²) in [6, 6.07) is 10.2. The third-order valence-electron chi connectivity index (χ3n) is 3.23. The predicted molar refractivity (Wildman–Crippen MR) is 91.4 cm³/mol. The number of anilines is 1. The topological polar surface area (TPSA) is 137 Å². The van der Waals surface area contributed by atoms with Crippen LogP contribution in [0.2, 0.25) is 0 Å². The van der Waals surface area contributed by atoms with E-state index in [1.54, 1.807) is 11.0 Å². The second kappa shape index (κ2) is 7.17. The minimum Gasteiger partial charge on any atom is -0.369 e. The Morgan fingerprint density at radius 2 is 2.12 bits per heavy atom. The lowest BCUT2D eigenvalue weighted by atomic mass is 10.2. The number of nitrogens with two attached hydrogens (primary N) is 1. The first-order valence-electron chi connectivity index (χ1n) is 7.24. The molecule has 0 amide bonds. The average Bonchev–Trinajstić information content (AvgIpc) is 3.10. The van der Waals surface area contributed by atoms with Gasteiger partial charge in [-0.1, -0.05) is 12.1 Å². The Labute approximate surface area is 142 Å². The molecule has 3 aromatic rings. The summed E-state index contributed by atoms with van der Waals surface area (Å²) in [6.07, 6.45) is 4.53. The molecule has 0 aliphatic rings. The van der Waals surface area contributed by atoms with E-state index in [4.69, 9.17) is 5.73 Å². The maximum atomic E-state index is 11.0. The van der Waals surface area contributed by atoms with Gasteiger partial charge in [0.05, 0.1) is 11.5 Å². The maximum absolute atomic E-state index is 11.0. The molecule has 126 valence electrons. The molecule has 0 unspecified atom stereocenters. The summed E-state index contributed by atoms with van der Waals surface area (Å²) in [6.45, 7) is 0.601. The monoisotopic (exact) mass is 338 g/mol. The van der Waals surface area contributed by atoms with E-state index in [2.05, 4.69) is 25.4 Å². The minimum absolute atomic E-state index is 0.00539. The maximum Gasteiger partial charge on any atom is 0.313 e. The van der Waals surface area contributed by atoms with Gasteiger partial charge in [0.2, 0.25) is 5.82 Å². The van der Waals surface area contributed by atoms with E-state index in [0.717, 1.165) is 5.56 Å². The number of guanidine groups is 1. The SMILES string of the molecule is NC(=Nc1ncccc1[N+](=O)[O-])Nc1ccc(Cn2cncn2)cc1. The van der Waals surface area contributed by atoms with Crippen LogP contribution in [0.3, 0.4) is 0 Å². The molecule has 10 heteroatoms. The fraction of sp³-hybridized carbons (Fsp3) is 0.0667. The van der Waals surface area contributed by atoms with Crippen molar-refractivity contribution >= 4 is 23.2 Å². The summed E-state index contributed by atoms with van der Waals surface area (Å²) in [5.74, 6) is -0.0499. The Bertz CT molecular complexity index is 890. The molecule has 2 heterocycles. The summed E-state index contributed by atoms with van der Waals surface area (Å²) in [5.41, 5.74) is 7.33. The van der Waals surface area contributed by atoms with E-state index in [-0.39, 0.29) is 17.5 Å². The standard InChI is InChI=1S/C15H14N8O2/c16-15(21-14-13(23(24)25)2-1-7-18-14)20-12-5-3-11(4-6-12)8-22-10-17-9-19-22/h1-7,9-10H,8H2,(H3,16,18,20,21). The quantitative estimate of drug-likeness (QED) is 0.312. The van der Waals surface area contributed by atoms with Crippen molar-refractivity contribution in [3.63, 3.8) is 0 Å². The van der Waals surface area contributed by atoms with Crippen LogP contribution in [0.4, 0.5) is 17.2 Å². The predicted octanol–water partition coefficient (Wildman–Crippen LogP) is 1.69. The highest BCUT2D eigenvalue weighted by Crippen LogP contribution is 2.23. The lowest BCUT2D eigenvalue weighted by Gasteiger charge is -2.07. The van der Waals surface area contributed by atoms with Gasteiger partial charge in [-0.05, 0) is 23.8 Å². The Hall–Kier alpha value is -3.82. The molecule has 0 atom stereocenters. The van der Waals surface area contributed by atoms with Gasteiger partial charge in [-0.15, -0.1) is 0 Å². The molecule has 3 N–H and O–H groups in total. The molecule has 0 saturated heterocycles. The van der Waals surface area contributed by atoms with Crippen LogP contribution in [0.5, 0.6) is 0 Å². The highest BCUT2D eigenvalue weighted by atomic mass is 16.6. The Morgan fingerprint density at radius 1 is 1.32 bits per heavy atom. The van der Waals surface area contributed by atoms with Crippen LogP contribution in [0.15, 0.2) is 60.2 Å². The molecule has 0 saturated carbocycles. The van der Waals surface area contributed by atoms with Crippen LogP contribution in [0.1, 0.15) is 5.56 Å². The summed E-state index contributed by atoms with van der Waals surface area (Å²) in [7, 11) is 0. The van der Waals surface area contributed by atoms with Crippen molar-refractivity contribution in [2.75, 3.05) is 5.32 Å². The van der Waals surface area contributed by atoms with Crippen LogP contribution in [-0.4, -0.2) is 30.6 Å². The third kappa shape index (κ3) is 4.13. The van der Waals surface area contributed by atoms with Crippen LogP contribution >= 0.6 is 0 Å². The second-order valence-corrected chi connectivity index (χ2v) is 5.02. The number of nitrogens with one attached hydrogen (secondary N) is 1. The van der Waals surface area contributed by atoms with Gasteiger partial charge in [-0.25, -0.2) is 14.6 Å². The number of rotatable bonds is 5. The number of pyridine rings is 1. The summed E-state index contributed by atoms with van der Waals surface area (Å²) in [5, 5.41) is 17.9. The molecule has 0 radical (unpaired) electrons. The van der Waals surface area contributed by atoms with Crippen molar-refractivity contribution in [1.29, 1.82) is 0 Å². The number of nitrogens with zero attached hydrogens (tertiary/aromatic N) is 6. The minimum atomic E-state index is -0.557. The van der Waals surface area contributed by atoms with Crippen molar-refractivity contribution in [2.45, 2.75) is 6.54 Å². The van der Waals surface area contributed by atoms with Crippen LogP contribution in [0, 0.1) is 10.1 Å². The molecular weight excluding hydrogens is 324 g/mol. The fourth-order valence-corrected chi connectivity index (χ4v) is 2.10. The van der Waals surface area contributed by atoms with Gasteiger partial charge in [0.25, 0.3) is 0 Å². The Kier molecular flexibility index (Phi) is 4.60. The summed E-state index contributed by atoms with van der Waals surface area (Å²) >= 11 is 0. The molecule has 0 bridgehead atoms. The molecule has 0 spiro atoms. The molecule has 25 heavy (non-hydrogen) atoms. The van der Waals surface area contributed by atoms with E-state index in [1.807, 2.05) is 24.3 Å². The number of nitro groups is 1. The van der Waals surface area contributed by atoms with Gasteiger partial charge in [0, 0.05) is 18.0 Å². The fourth-order valence-electron chi connectivity index (χ4n) is 2.10. The lowest BCUT2D eigenvalue weighted by molar-refractivity contribution is -0.384. The first kappa shape index (κ1) is 16.1. The van der Waals surface area contributed by atoms with Gasteiger partial charge < -0.3 is 11.1 Å². The normalized spacial score (nSPS) is 11.3.